The number of nitrogens with zero attached hydrogens (tertiary/aromatic N) is 1. The zero-order valence-electron chi connectivity index (χ0n) is 7.69. The monoisotopic (exact) mass is 243 g/mol. The third-order valence-electron chi connectivity index (χ3n) is 1.75. The van der Waals surface area contributed by atoms with Crippen molar-refractivity contribution < 1.29 is 13.9 Å². The van der Waals surface area contributed by atoms with Crippen LogP contribution >= 0.6 is 22.9 Å². The molecule has 78 valence electrons. The molecule has 2 aromatic rings. The molecule has 0 radical (unpaired) electrons. The van der Waals surface area contributed by atoms with Crippen LogP contribution in [-0.4, -0.2) is 17.9 Å². The number of halogens is 1. The lowest BCUT2D eigenvalue weighted by Gasteiger charge is -1.92. The standard InChI is InChI=1S/C9H6ClNO3S/c1-13-9-11-4-6(15-9)7(12)5-2-3-14-8(5)10/h2-4H,1H3. The Morgan fingerprint density at radius 2 is 2.47 bits per heavy atom. The average Bonchev–Trinajstić information content (AvgIpc) is 2.84. The fraction of sp³-hybridized carbons (Fsp3) is 0.111. The van der Waals surface area contributed by atoms with Crippen molar-refractivity contribution in [2.45, 2.75) is 0 Å². The first-order valence-corrected chi connectivity index (χ1v) is 5.19. The number of furan rings is 1. The van der Waals surface area contributed by atoms with Gasteiger partial charge in [-0.15, -0.1) is 0 Å². The van der Waals surface area contributed by atoms with Gasteiger partial charge in [0.1, 0.15) is 0 Å². The molecule has 15 heavy (non-hydrogen) atoms. The van der Waals surface area contributed by atoms with Gasteiger partial charge in [-0.05, 0) is 17.7 Å². The minimum Gasteiger partial charge on any atom is -0.473 e. The quantitative estimate of drug-likeness (QED) is 0.778. The Hall–Kier alpha value is -1.33. The van der Waals surface area contributed by atoms with Crippen LogP contribution in [0.3, 0.4) is 0 Å². The van der Waals surface area contributed by atoms with Gasteiger partial charge in [0.2, 0.25) is 11.0 Å². The molecule has 0 aromatic carbocycles. The van der Waals surface area contributed by atoms with Crippen LogP contribution in [0.4, 0.5) is 0 Å². The van der Waals surface area contributed by atoms with Crippen LogP contribution < -0.4 is 4.74 Å². The first-order chi connectivity index (χ1) is 7.22. The number of aromatic nitrogens is 1. The third kappa shape index (κ3) is 1.88. The summed E-state index contributed by atoms with van der Waals surface area (Å²) in [5.74, 6) is -0.213. The van der Waals surface area contributed by atoms with Crippen molar-refractivity contribution in [2.24, 2.45) is 0 Å². The fourth-order valence-corrected chi connectivity index (χ4v) is 1.93. The number of hydrogen-bond donors (Lipinski definition) is 0. The highest BCUT2D eigenvalue weighted by atomic mass is 35.5. The Balaban J connectivity index is 2.32. The van der Waals surface area contributed by atoms with Gasteiger partial charge in [0, 0.05) is 0 Å². The summed E-state index contributed by atoms with van der Waals surface area (Å²) in [5, 5.41) is 0.533. The lowest BCUT2D eigenvalue weighted by atomic mass is 10.2. The van der Waals surface area contributed by atoms with Gasteiger partial charge in [0.15, 0.2) is 0 Å². The minimum absolute atomic E-state index is 0.0902. The third-order valence-corrected chi connectivity index (χ3v) is 3.00. The summed E-state index contributed by atoms with van der Waals surface area (Å²) in [6.07, 6.45) is 2.82. The average molecular weight is 244 g/mol. The maximum absolute atomic E-state index is 11.8. The van der Waals surface area contributed by atoms with Crippen molar-refractivity contribution in [3.63, 3.8) is 0 Å². The molecule has 6 heteroatoms. The van der Waals surface area contributed by atoms with E-state index in [0.29, 0.717) is 15.6 Å². The molecule has 0 saturated heterocycles. The molecule has 0 saturated carbocycles. The van der Waals surface area contributed by atoms with Crippen LogP contribution in [-0.2, 0) is 0 Å². The molecule has 0 spiro atoms. The lowest BCUT2D eigenvalue weighted by molar-refractivity contribution is 0.104. The highest BCUT2D eigenvalue weighted by Crippen LogP contribution is 2.26. The van der Waals surface area contributed by atoms with Crippen LogP contribution in [0.25, 0.3) is 0 Å². The first kappa shape index (κ1) is 10.2. The Bertz CT molecular complexity index is 491. The summed E-state index contributed by atoms with van der Waals surface area (Å²) >= 11 is 6.86. The van der Waals surface area contributed by atoms with Crippen LogP contribution in [0.5, 0.6) is 5.19 Å². The van der Waals surface area contributed by atoms with E-state index in [4.69, 9.17) is 20.8 Å². The molecule has 2 rings (SSSR count). The van der Waals surface area contributed by atoms with E-state index in [1.54, 1.807) is 0 Å². The molecule has 0 N–H and O–H groups in total. The van der Waals surface area contributed by atoms with Gasteiger partial charge in [0.05, 0.1) is 30.0 Å². The SMILES string of the molecule is COc1ncc(C(=O)c2ccoc2Cl)s1. The zero-order valence-corrected chi connectivity index (χ0v) is 9.26. The van der Waals surface area contributed by atoms with Crippen molar-refractivity contribution in [3.05, 3.63) is 34.2 Å². The smallest absolute Gasteiger partial charge is 0.273 e. The van der Waals surface area contributed by atoms with Gasteiger partial charge >= 0.3 is 0 Å². The van der Waals surface area contributed by atoms with Gasteiger partial charge in [-0.1, -0.05) is 11.3 Å². The van der Waals surface area contributed by atoms with Gasteiger partial charge in [-0.3, -0.25) is 4.79 Å². The molecule has 0 amide bonds. The molecule has 0 aliphatic heterocycles. The fourth-order valence-electron chi connectivity index (χ4n) is 1.05. The van der Waals surface area contributed by atoms with E-state index in [1.165, 1.54) is 25.6 Å². The van der Waals surface area contributed by atoms with E-state index in [-0.39, 0.29) is 11.0 Å². The van der Waals surface area contributed by atoms with E-state index < -0.39 is 0 Å². The topological polar surface area (TPSA) is 52.3 Å². The molecular formula is C9H6ClNO3S. The second-order valence-corrected chi connectivity index (χ2v) is 3.97. The number of ketones is 1. The Morgan fingerprint density at radius 3 is 3.00 bits per heavy atom. The molecule has 0 aliphatic carbocycles. The van der Waals surface area contributed by atoms with E-state index >= 15 is 0 Å². The van der Waals surface area contributed by atoms with Crippen LogP contribution in [0.2, 0.25) is 5.22 Å². The highest BCUT2D eigenvalue weighted by Gasteiger charge is 2.18. The molecule has 4 nitrogen and oxygen atoms in total. The summed E-state index contributed by atoms with van der Waals surface area (Å²) in [5.41, 5.74) is 0.336. The van der Waals surface area contributed by atoms with E-state index in [2.05, 4.69) is 4.98 Å². The second-order valence-electron chi connectivity index (χ2n) is 2.63. The molecular weight excluding hydrogens is 238 g/mol. The molecule has 2 heterocycles. The number of carbonyl (C=O) groups excluding carboxylic acids is 1. The predicted octanol–water partition coefficient (Wildman–Crippen LogP) is 2.63. The number of thiazole rings is 1. The molecule has 0 fully saturated rings. The summed E-state index contributed by atoms with van der Waals surface area (Å²) in [6.45, 7) is 0. The van der Waals surface area contributed by atoms with Crippen LogP contribution in [0.1, 0.15) is 15.2 Å². The van der Waals surface area contributed by atoms with Crippen molar-refractivity contribution >= 4 is 28.7 Å². The Morgan fingerprint density at radius 1 is 1.67 bits per heavy atom. The van der Waals surface area contributed by atoms with Gasteiger partial charge in [-0.2, -0.15) is 0 Å². The molecule has 0 aliphatic rings. The Kier molecular flexibility index (Phi) is 2.75. The number of carbonyl (C=O) groups is 1. The number of ether oxygens (including phenoxy) is 1. The summed E-state index contributed by atoms with van der Waals surface area (Å²) in [4.78, 5) is 16.2. The van der Waals surface area contributed by atoms with E-state index in [9.17, 15) is 4.79 Å². The van der Waals surface area contributed by atoms with Crippen LogP contribution in [0.15, 0.2) is 22.9 Å². The number of hydrogen-bond acceptors (Lipinski definition) is 5. The van der Waals surface area contributed by atoms with Gasteiger partial charge in [0.25, 0.3) is 5.19 Å². The second kappa shape index (κ2) is 4.04. The molecule has 0 bridgehead atoms. The maximum Gasteiger partial charge on any atom is 0.273 e. The predicted molar refractivity (Wildman–Crippen MR) is 55.8 cm³/mol. The maximum atomic E-state index is 11.8. The summed E-state index contributed by atoms with van der Waals surface area (Å²) < 4.78 is 9.73. The first-order valence-electron chi connectivity index (χ1n) is 4.00. The van der Waals surface area contributed by atoms with Crippen LogP contribution in [0, 0.1) is 0 Å². The molecule has 0 unspecified atom stereocenters. The largest absolute Gasteiger partial charge is 0.473 e. The lowest BCUT2D eigenvalue weighted by Crippen LogP contribution is -1.96. The number of methoxy groups -OCH3 is 1. The Labute approximate surface area is 94.5 Å². The van der Waals surface area contributed by atoms with E-state index in [1.807, 2.05) is 0 Å². The molecule has 2 aromatic heterocycles. The summed E-state index contributed by atoms with van der Waals surface area (Å²) in [6, 6.07) is 1.52. The highest BCUT2D eigenvalue weighted by molar-refractivity contribution is 7.15. The molecule has 0 atom stereocenters. The van der Waals surface area contributed by atoms with Gasteiger partial charge in [-0.25, -0.2) is 4.98 Å². The van der Waals surface area contributed by atoms with Crippen molar-refractivity contribution in [1.82, 2.24) is 4.98 Å². The van der Waals surface area contributed by atoms with Crippen molar-refractivity contribution in [2.75, 3.05) is 7.11 Å². The van der Waals surface area contributed by atoms with Gasteiger partial charge < -0.3 is 9.15 Å². The van der Waals surface area contributed by atoms with Crippen molar-refractivity contribution in [1.29, 1.82) is 0 Å². The summed E-state index contributed by atoms with van der Waals surface area (Å²) in [7, 11) is 1.50. The zero-order chi connectivity index (χ0) is 10.8. The number of rotatable bonds is 3. The van der Waals surface area contributed by atoms with Crippen molar-refractivity contribution in [3.8, 4) is 5.19 Å². The van der Waals surface area contributed by atoms with E-state index in [0.717, 1.165) is 11.3 Å². The normalized spacial score (nSPS) is 10.3. The minimum atomic E-state index is -0.213.